The third-order valence-electron chi connectivity index (χ3n) is 7.86. The van der Waals surface area contributed by atoms with Crippen molar-refractivity contribution in [2.45, 2.75) is 62.6 Å². The Labute approximate surface area is 158 Å². The Kier molecular flexibility index (Phi) is 3.84. The Bertz CT molecular complexity index is 691. The van der Waals surface area contributed by atoms with Crippen LogP contribution in [0.2, 0.25) is 0 Å². The van der Waals surface area contributed by atoms with E-state index in [0.717, 1.165) is 6.42 Å². The molecule has 0 aromatic rings. The fourth-order valence-corrected chi connectivity index (χ4v) is 7.69. The first-order valence-electron chi connectivity index (χ1n) is 9.16. The highest BCUT2D eigenvalue weighted by molar-refractivity contribution is 6.34. The predicted molar refractivity (Wildman–Crippen MR) is 97.6 cm³/mol. The number of fused-ring (bicyclic) bond motifs is 5. The standard InChI is InChI=1S/C20H25Cl2FO2/c1-10-6-12-13-8-15(23)14-7-11(24)4-5-19(14,3)20(13,22)16(21)9-18(12,2)17(10)25/h4-5,7,10,12-13,15-17,25H,6,8-9H2,1-3H3/t10-,12+,13+,15+,16+,17-,18+,19+,20+/m1/s1. The molecule has 0 heterocycles. The predicted octanol–water partition coefficient (Wildman–Crippen LogP) is 4.43. The first-order chi connectivity index (χ1) is 11.6. The van der Waals surface area contributed by atoms with Gasteiger partial charge in [0.15, 0.2) is 5.78 Å². The van der Waals surface area contributed by atoms with Crippen molar-refractivity contribution in [1.29, 1.82) is 0 Å². The number of aliphatic hydroxyl groups excluding tert-OH is 1. The molecule has 3 saturated carbocycles. The molecule has 2 nitrogen and oxygen atoms in total. The van der Waals surface area contributed by atoms with E-state index in [4.69, 9.17) is 23.2 Å². The van der Waals surface area contributed by atoms with Crippen molar-refractivity contribution >= 4 is 29.0 Å². The maximum absolute atomic E-state index is 15.2. The van der Waals surface area contributed by atoms with Crippen LogP contribution in [0, 0.1) is 28.6 Å². The van der Waals surface area contributed by atoms with Crippen LogP contribution in [-0.2, 0) is 4.79 Å². The van der Waals surface area contributed by atoms with Crippen molar-refractivity contribution in [1.82, 2.24) is 0 Å². The van der Waals surface area contributed by atoms with Gasteiger partial charge in [0.05, 0.1) is 16.4 Å². The minimum absolute atomic E-state index is 0.132. The second-order valence-electron chi connectivity index (χ2n) is 9.06. The van der Waals surface area contributed by atoms with Crippen molar-refractivity contribution in [3.8, 4) is 0 Å². The molecule has 0 radical (unpaired) electrons. The Morgan fingerprint density at radius 2 is 1.96 bits per heavy atom. The van der Waals surface area contributed by atoms with E-state index in [2.05, 4.69) is 13.8 Å². The lowest BCUT2D eigenvalue weighted by Crippen LogP contribution is -2.66. The van der Waals surface area contributed by atoms with Crippen LogP contribution in [0.3, 0.4) is 0 Å². The number of ketones is 1. The third-order valence-corrected chi connectivity index (χ3v) is 9.41. The molecule has 0 spiro atoms. The first-order valence-corrected chi connectivity index (χ1v) is 9.97. The molecule has 4 rings (SSSR count). The number of aliphatic hydroxyl groups is 1. The van der Waals surface area contributed by atoms with Crippen LogP contribution in [0.25, 0.3) is 0 Å². The quantitative estimate of drug-likeness (QED) is 0.625. The van der Waals surface area contributed by atoms with Gasteiger partial charge in [-0.3, -0.25) is 4.79 Å². The molecular formula is C20H25Cl2FO2. The number of halogens is 3. The summed E-state index contributed by atoms with van der Waals surface area (Å²) in [4.78, 5) is 11.0. The molecule has 0 amide bonds. The van der Waals surface area contributed by atoms with Crippen LogP contribution >= 0.6 is 23.2 Å². The van der Waals surface area contributed by atoms with Gasteiger partial charge >= 0.3 is 0 Å². The lowest BCUT2D eigenvalue weighted by Gasteiger charge is -2.63. The molecule has 5 heteroatoms. The van der Waals surface area contributed by atoms with E-state index in [0.29, 0.717) is 12.0 Å². The van der Waals surface area contributed by atoms with Crippen molar-refractivity contribution in [3.05, 3.63) is 23.8 Å². The number of allylic oxidation sites excluding steroid dienone is 4. The normalized spacial score (nSPS) is 57.6. The molecular weight excluding hydrogens is 362 g/mol. The Morgan fingerprint density at radius 1 is 1.28 bits per heavy atom. The van der Waals surface area contributed by atoms with Gasteiger partial charge in [0.2, 0.25) is 0 Å². The molecule has 0 bridgehead atoms. The number of hydrogen-bond acceptors (Lipinski definition) is 2. The van der Waals surface area contributed by atoms with Gasteiger partial charge in [-0.25, -0.2) is 4.39 Å². The van der Waals surface area contributed by atoms with Crippen molar-refractivity contribution < 1.29 is 14.3 Å². The van der Waals surface area contributed by atoms with Crippen LogP contribution < -0.4 is 0 Å². The SMILES string of the molecule is C[C@@H]1C[C@H]2[C@@H]3C[C@H](F)C4=CC(=O)C=C[C@]4(C)[C@@]3(Cl)[C@@H](Cl)C[C@]2(C)[C@@H]1O. The number of hydrogen-bond donors (Lipinski definition) is 1. The van der Waals surface area contributed by atoms with E-state index in [1.807, 2.05) is 6.92 Å². The summed E-state index contributed by atoms with van der Waals surface area (Å²) >= 11 is 14.2. The summed E-state index contributed by atoms with van der Waals surface area (Å²) in [7, 11) is 0. The maximum atomic E-state index is 15.2. The second-order valence-corrected chi connectivity index (χ2v) is 10.2. The lowest BCUT2D eigenvalue weighted by atomic mass is 9.47. The monoisotopic (exact) mass is 386 g/mol. The Balaban J connectivity index is 1.86. The summed E-state index contributed by atoms with van der Waals surface area (Å²) in [6.45, 7) is 6.05. The van der Waals surface area contributed by atoms with E-state index < -0.39 is 27.9 Å². The molecule has 1 N–H and O–H groups in total. The number of alkyl halides is 3. The molecule has 0 saturated heterocycles. The van der Waals surface area contributed by atoms with Crippen molar-refractivity contribution in [2.75, 3.05) is 0 Å². The van der Waals surface area contributed by atoms with Crippen LogP contribution in [0.1, 0.15) is 40.0 Å². The highest BCUT2D eigenvalue weighted by atomic mass is 35.5. The highest BCUT2D eigenvalue weighted by Gasteiger charge is 2.70. The molecule has 0 aromatic heterocycles. The molecule has 3 fully saturated rings. The largest absolute Gasteiger partial charge is 0.392 e. The van der Waals surface area contributed by atoms with Gasteiger partial charge in [-0.1, -0.05) is 26.8 Å². The minimum Gasteiger partial charge on any atom is -0.392 e. The molecule has 9 atom stereocenters. The molecule has 4 aliphatic carbocycles. The smallest absolute Gasteiger partial charge is 0.178 e. The van der Waals surface area contributed by atoms with E-state index >= 15 is 4.39 Å². The van der Waals surface area contributed by atoms with Gasteiger partial charge < -0.3 is 5.11 Å². The molecule has 25 heavy (non-hydrogen) atoms. The number of carbonyl (C=O) groups is 1. The molecule has 0 aliphatic heterocycles. The third kappa shape index (κ3) is 2.04. The van der Waals surface area contributed by atoms with Gasteiger partial charge in [-0.15, -0.1) is 23.2 Å². The fourth-order valence-electron chi connectivity index (χ4n) is 6.48. The highest BCUT2D eigenvalue weighted by Crippen LogP contribution is 2.70. The Hall–Kier alpha value is -0.380. The van der Waals surface area contributed by atoms with Crippen LogP contribution in [0.15, 0.2) is 23.8 Å². The van der Waals surface area contributed by atoms with Gasteiger partial charge in [0.25, 0.3) is 0 Å². The first kappa shape index (κ1) is 18.0. The average Bonchev–Trinajstić information content (AvgIpc) is 2.76. The van der Waals surface area contributed by atoms with Crippen LogP contribution in [-0.4, -0.2) is 33.4 Å². The van der Waals surface area contributed by atoms with Gasteiger partial charge in [-0.05, 0) is 60.2 Å². The Morgan fingerprint density at radius 3 is 2.64 bits per heavy atom. The zero-order valence-corrected chi connectivity index (χ0v) is 16.3. The van der Waals surface area contributed by atoms with Gasteiger partial charge in [0.1, 0.15) is 6.17 Å². The summed E-state index contributed by atoms with van der Waals surface area (Å²) < 4.78 is 15.2. The van der Waals surface area contributed by atoms with Crippen molar-refractivity contribution in [3.63, 3.8) is 0 Å². The van der Waals surface area contributed by atoms with E-state index in [1.54, 1.807) is 6.08 Å². The molecule has 138 valence electrons. The maximum Gasteiger partial charge on any atom is 0.178 e. The summed E-state index contributed by atoms with van der Waals surface area (Å²) in [5.74, 6) is -0.0349. The van der Waals surface area contributed by atoms with E-state index in [9.17, 15) is 9.90 Å². The van der Waals surface area contributed by atoms with Gasteiger partial charge in [0, 0.05) is 5.41 Å². The van der Waals surface area contributed by atoms with E-state index in [1.165, 1.54) is 12.2 Å². The minimum atomic E-state index is -1.20. The molecule has 0 unspecified atom stereocenters. The molecule has 4 aliphatic rings. The van der Waals surface area contributed by atoms with E-state index in [-0.39, 0.29) is 35.4 Å². The summed E-state index contributed by atoms with van der Waals surface area (Å²) in [5.41, 5.74) is -0.650. The average molecular weight is 387 g/mol. The molecule has 0 aromatic carbocycles. The van der Waals surface area contributed by atoms with Crippen LogP contribution in [0.5, 0.6) is 0 Å². The summed E-state index contributed by atoms with van der Waals surface area (Å²) in [6, 6.07) is 0. The summed E-state index contributed by atoms with van der Waals surface area (Å²) in [6.07, 6.45) is 4.75. The fraction of sp³-hybridized carbons (Fsp3) is 0.750. The van der Waals surface area contributed by atoms with Crippen molar-refractivity contribution in [2.24, 2.45) is 28.6 Å². The lowest BCUT2D eigenvalue weighted by molar-refractivity contribution is -0.111. The zero-order chi connectivity index (χ0) is 18.4. The number of carbonyl (C=O) groups excluding carboxylic acids is 1. The number of rotatable bonds is 0. The zero-order valence-electron chi connectivity index (χ0n) is 14.8. The van der Waals surface area contributed by atoms with Gasteiger partial charge in [-0.2, -0.15) is 0 Å². The van der Waals surface area contributed by atoms with Crippen LogP contribution in [0.4, 0.5) is 4.39 Å². The second kappa shape index (κ2) is 5.33. The topological polar surface area (TPSA) is 37.3 Å². The summed E-state index contributed by atoms with van der Waals surface area (Å²) in [5, 5.41) is 10.4.